The highest BCUT2D eigenvalue weighted by molar-refractivity contribution is 5.97. The Morgan fingerprint density at radius 1 is 1.29 bits per heavy atom. The molecule has 1 amide bonds. The lowest BCUT2D eigenvalue weighted by atomic mass is 9.91. The first-order chi connectivity index (χ1) is 11.6. The summed E-state index contributed by atoms with van der Waals surface area (Å²) in [6.45, 7) is 3.99. The van der Waals surface area contributed by atoms with E-state index in [1.54, 1.807) is 0 Å². The summed E-state index contributed by atoms with van der Waals surface area (Å²) in [4.78, 5) is 24.7. The summed E-state index contributed by atoms with van der Waals surface area (Å²) in [7, 11) is 0. The van der Waals surface area contributed by atoms with E-state index in [-0.39, 0.29) is 16.9 Å². The van der Waals surface area contributed by atoms with Crippen molar-refractivity contribution in [3.8, 4) is 0 Å². The standard InChI is InChI=1S/C18H22N4O2/c1-17(15-6-18(4-5-18)24-20-15)12-7-21(8-13(12)17)16(23)14-9-22(10-19-14)11-2-3-11/h9-13H,2-8H2,1H3/t12-,13+,17?. The number of imidazole rings is 1. The van der Waals surface area contributed by atoms with Crippen LogP contribution >= 0.6 is 0 Å². The summed E-state index contributed by atoms with van der Waals surface area (Å²) in [5, 5.41) is 4.42. The van der Waals surface area contributed by atoms with Crippen LogP contribution in [0, 0.1) is 17.3 Å². The van der Waals surface area contributed by atoms with E-state index >= 15 is 0 Å². The number of hydrogen-bond donors (Lipinski definition) is 0. The van der Waals surface area contributed by atoms with E-state index < -0.39 is 0 Å². The molecule has 1 aromatic heterocycles. The first-order valence-corrected chi connectivity index (χ1v) is 9.17. The van der Waals surface area contributed by atoms with E-state index in [9.17, 15) is 4.79 Å². The number of carbonyl (C=O) groups excluding carboxylic acids is 1. The first-order valence-electron chi connectivity index (χ1n) is 9.17. The quantitative estimate of drug-likeness (QED) is 0.856. The molecule has 1 unspecified atom stereocenters. The van der Waals surface area contributed by atoms with Crippen LogP contribution in [0.1, 0.15) is 55.6 Å². The Morgan fingerprint density at radius 2 is 2.04 bits per heavy atom. The van der Waals surface area contributed by atoms with Gasteiger partial charge in [0, 0.05) is 37.2 Å². The second-order valence-corrected chi connectivity index (χ2v) is 8.63. The minimum Gasteiger partial charge on any atom is -0.389 e. The second kappa shape index (κ2) is 4.03. The van der Waals surface area contributed by atoms with Gasteiger partial charge in [0.05, 0.1) is 12.0 Å². The lowest BCUT2D eigenvalue weighted by Gasteiger charge is -2.23. The minimum absolute atomic E-state index is 0.0698. The van der Waals surface area contributed by atoms with Gasteiger partial charge in [0.1, 0.15) is 11.3 Å². The van der Waals surface area contributed by atoms with Crippen molar-refractivity contribution < 1.29 is 9.63 Å². The fourth-order valence-corrected chi connectivity index (χ4v) is 4.87. The molecule has 126 valence electrons. The number of aromatic nitrogens is 2. The van der Waals surface area contributed by atoms with Gasteiger partial charge in [-0.25, -0.2) is 4.98 Å². The van der Waals surface area contributed by atoms with Gasteiger partial charge >= 0.3 is 0 Å². The monoisotopic (exact) mass is 326 g/mol. The third-order valence-electron chi connectivity index (χ3n) is 7.10. The number of likely N-dealkylation sites (tertiary alicyclic amines) is 1. The number of hydrogen-bond acceptors (Lipinski definition) is 4. The van der Waals surface area contributed by atoms with Crippen LogP contribution in [0.3, 0.4) is 0 Å². The lowest BCUT2D eigenvalue weighted by molar-refractivity contribution is 0.0650. The summed E-state index contributed by atoms with van der Waals surface area (Å²) in [6.07, 6.45) is 9.47. The highest BCUT2D eigenvalue weighted by Crippen LogP contribution is 2.66. The third kappa shape index (κ3) is 1.69. The molecule has 1 aromatic rings. The second-order valence-electron chi connectivity index (χ2n) is 8.63. The number of oxime groups is 1. The minimum atomic E-state index is 0.0698. The zero-order chi connectivity index (χ0) is 16.1. The molecule has 1 spiro atoms. The Balaban J connectivity index is 1.15. The van der Waals surface area contributed by atoms with Gasteiger partial charge < -0.3 is 14.3 Å². The average Bonchev–Trinajstić information content (AvgIpc) is 3.49. The Morgan fingerprint density at radius 3 is 2.67 bits per heavy atom. The van der Waals surface area contributed by atoms with Gasteiger partial charge in [-0.15, -0.1) is 0 Å². The van der Waals surface area contributed by atoms with E-state index in [1.165, 1.54) is 18.6 Å². The van der Waals surface area contributed by atoms with Gasteiger partial charge in [-0.2, -0.15) is 0 Å². The fraction of sp³-hybridized carbons (Fsp3) is 0.722. The Bertz CT molecular complexity index is 762. The number of nitrogens with zero attached hydrogens (tertiary/aromatic N) is 4. The zero-order valence-electron chi connectivity index (χ0n) is 13.9. The number of amides is 1. The molecule has 0 bridgehead atoms. The van der Waals surface area contributed by atoms with Gasteiger partial charge in [-0.1, -0.05) is 12.1 Å². The largest absolute Gasteiger partial charge is 0.389 e. The van der Waals surface area contributed by atoms with Gasteiger partial charge in [0.2, 0.25) is 0 Å². The molecule has 3 heterocycles. The number of fused-ring (bicyclic) bond motifs is 1. The van der Waals surface area contributed by atoms with Crippen LogP contribution in [0.25, 0.3) is 0 Å². The predicted octanol–water partition coefficient (Wildman–Crippen LogP) is 2.24. The van der Waals surface area contributed by atoms with Gasteiger partial charge in [-0.05, 0) is 37.5 Å². The van der Waals surface area contributed by atoms with Crippen molar-refractivity contribution in [1.82, 2.24) is 14.5 Å². The molecule has 6 heteroatoms. The third-order valence-corrected chi connectivity index (χ3v) is 7.10. The van der Waals surface area contributed by atoms with Gasteiger partial charge in [-0.3, -0.25) is 4.79 Å². The van der Waals surface area contributed by atoms with Crippen molar-refractivity contribution in [3.05, 3.63) is 18.2 Å². The highest BCUT2D eigenvalue weighted by atomic mass is 16.7. The smallest absolute Gasteiger partial charge is 0.274 e. The summed E-state index contributed by atoms with van der Waals surface area (Å²) in [6, 6.07) is 0.574. The Hall–Kier alpha value is -1.85. The zero-order valence-corrected chi connectivity index (χ0v) is 13.9. The number of piperidine rings is 1. The normalized spacial score (nSPS) is 38.0. The van der Waals surface area contributed by atoms with E-state index in [2.05, 4.69) is 21.6 Å². The molecule has 3 atom stereocenters. The summed E-state index contributed by atoms with van der Waals surface area (Å²) >= 11 is 0. The van der Waals surface area contributed by atoms with Crippen LogP contribution in [-0.2, 0) is 4.84 Å². The van der Waals surface area contributed by atoms with Crippen LogP contribution in [0.5, 0.6) is 0 Å². The van der Waals surface area contributed by atoms with Crippen LogP contribution < -0.4 is 0 Å². The molecule has 2 aliphatic heterocycles. The summed E-state index contributed by atoms with van der Waals surface area (Å²) < 4.78 is 2.09. The number of rotatable bonds is 3. The maximum absolute atomic E-state index is 12.7. The average molecular weight is 326 g/mol. The molecule has 3 saturated carbocycles. The SMILES string of the molecule is CC1(C2=NOC3(CC3)C2)[C@@H]2CN(C(=O)c3cn(C4CC4)cn3)C[C@@H]21. The fourth-order valence-electron chi connectivity index (χ4n) is 4.87. The molecule has 0 N–H and O–H groups in total. The van der Waals surface area contributed by atoms with Crippen molar-refractivity contribution in [1.29, 1.82) is 0 Å². The van der Waals surface area contributed by atoms with Crippen LogP contribution in [0.15, 0.2) is 17.7 Å². The molecular weight excluding hydrogens is 304 g/mol. The molecule has 4 fully saturated rings. The molecular formula is C18H22N4O2. The molecule has 6 nitrogen and oxygen atoms in total. The lowest BCUT2D eigenvalue weighted by Crippen LogP contribution is -2.35. The van der Waals surface area contributed by atoms with E-state index in [1.807, 2.05) is 17.4 Å². The maximum atomic E-state index is 12.7. The first kappa shape index (κ1) is 13.4. The molecule has 6 rings (SSSR count). The molecule has 3 aliphatic carbocycles. The van der Waals surface area contributed by atoms with Crippen molar-refractivity contribution in [2.24, 2.45) is 22.4 Å². The molecule has 0 aromatic carbocycles. The summed E-state index contributed by atoms with van der Waals surface area (Å²) in [5.41, 5.74) is 2.08. The summed E-state index contributed by atoms with van der Waals surface area (Å²) in [5.74, 6) is 1.18. The van der Waals surface area contributed by atoms with Crippen molar-refractivity contribution in [2.45, 2.75) is 50.7 Å². The highest BCUT2D eigenvalue weighted by Gasteiger charge is 2.70. The Labute approximate surface area is 140 Å². The van der Waals surface area contributed by atoms with Crippen molar-refractivity contribution in [2.75, 3.05) is 13.1 Å². The van der Waals surface area contributed by atoms with Crippen LogP contribution in [-0.4, -0.2) is 44.8 Å². The van der Waals surface area contributed by atoms with Gasteiger partial charge in [0.25, 0.3) is 5.91 Å². The predicted molar refractivity (Wildman–Crippen MR) is 86.6 cm³/mol. The molecule has 5 aliphatic rings. The van der Waals surface area contributed by atoms with Gasteiger partial charge in [0.15, 0.2) is 0 Å². The van der Waals surface area contributed by atoms with E-state index in [0.717, 1.165) is 32.4 Å². The maximum Gasteiger partial charge on any atom is 0.274 e. The van der Waals surface area contributed by atoms with Crippen molar-refractivity contribution in [3.63, 3.8) is 0 Å². The topological polar surface area (TPSA) is 59.7 Å². The van der Waals surface area contributed by atoms with Crippen molar-refractivity contribution >= 4 is 11.6 Å². The van der Waals surface area contributed by atoms with E-state index in [0.29, 0.717) is 23.6 Å². The van der Waals surface area contributed by atoms with E-state index in [4.69, 9.17) is 4.84 Å². The molecule has 0 radical (unpaired) electrons. The Kier molecular flexibility index (Phi) is 2.26. The number of carbonyl (C=O) groups is 1. The van der Waals surface area contributed by atoms with Crippen LogP contribution in [0.4, 0.5) is 0 Å². The van der Waals surface area contributed by atoms with Crippen LogP contribution in [0.2, 0.25) is 0 Å². The molecule has 24 heavy (non-hydrogen) atoms. The molecule has 1 saturated heterocycles.